The Bertz CT molecular complexity index is 1220. The van der Waals surface area contributed by atoms with Gasteiger partial charge in [0.05, 0.1) is 14.2 Å². The summed E-state index contributed by atoms with van der Waals surface area (Å²) in [4.78, 5) is 29.2. The summed E-state index contributed by atoms with van der Waals surface area (Å²) in [6.45, 7) is -0.182. The van der Waals surface area contributed by atoms with E-state index in [4.69, 9.17) is 14.2 Å². The highest BCUT2D eigenvalue weighted by molar-refractivity contribution is 5.88. The average molecular weight is 549 g/mol. The SMILES string of the molecule is COc1cc(OC)cc(OCC(=O)N(Cc2ccc(F)cc2)[C@H](Cc2ccccc2)C(=O)NC2CCCCC2)c1. The Hall–Kier alpha value is -4.07. The third-order valence-corrected chi connectivity index (χ3v) is 7.18. The van der Waals surface area contributed by atoms with Crippen molar-refractivity contribution in [3.63, 3.8) is 0 Å². The first kappa shape index (κ1) is 28.9. The molecule has 40 heavy (non-hydrogen) atoms. The third-order valence-electron chi connectivity index (χ3n) is 7.18. The van der Waals surface area contributed by atoms with Gasteiger partial charge < -0.3 is 24.4 Å². The minimum absolute atomic E-state index is 0.0859. The molecule has 1 fully saturated rings. The van der Waals surface area contributed by atoms with Gasteiger partial charge in [-0.2, -0.15) is 0 Å². The molecule has 1 N–H and O–H groups in total. The van der Waals surface area contributed by atoms with E-state index in [1.165, 1.54) is 37.7 Å². The van der Waals surface area contributed by atoms with Crippen LogP contribution in [0.5, 0.6) is 17.2 Å². The van der Waals surface area contributed by atoms with Gasteiger partial charge in [-0.1, -0.05) is 61.7 Å². The molecule has 0 radical (unpaired) electrons. The van der Waals surface area contributed by atoms with Crippen molar-refractivity contribution in [2.75, 3.05) is 20.8 Å². The quantitative estimate of drug-likeness (QED) is 0.332. The smallest absolute Gasteiger partial charge is 0.261 e. The van der Waals surface area contributed by atoms with Crippen LogP contribution in [0.4, 0.5) is 4.39 Å². The van der Waals surface area contributed by atoms with E-state index in [0.717, 1.165) is 31.2 Å². The van der Waals surface area contributed by atoms with Crippen molar-refractivity contribution >= 4 is 11.8 Å². The monoisotopic (exact) mass is 548 g/mol. The summed E-state index contributed by atoms with van der Waals surface area (Å²) >= 11 is 0. The van der Waals surface area contributed by atoms with Crippen molar-refractivity contribution in [2.45, 2.75) is 57.2 Å². The van der Waals surface area contributed by atoms with Gasteiger partial charge in [0.1, 0.15) is 29.1 Å². The number of ether oxygens (including phenoxy) is 3. The maximum Gasteiger partial charge on any atom is 0.261 e. The van der Waals surface area contributed by atoms with E-state index in [1.54, 1.807) is 30.3 Å². The molecule has 4 rings (SSSR count). The fraction of sp³-hybridized carbons (Fsp3) is 0.375. The van der Waals surface area contributed by atoms with E-state index in [0.29, 0.717) is 29.2 Å². The minimum Gasteiger partial charge on any atom is -0.496 e. The maximum atomic E-state index is 13.8. The number of hydrogen-bond acceptors (Lipinski definition) is 5. The molecule has 1 aliphatic carbocycles. The first-order valence-electron chi connectivity index (χ1n) is 13.7. The second kappa shape index (κ2) is 14.4. The Labute approximate surface area is 235 Å². The lowest BCUT2D eigenvalue weighted by atomic mass is 9.94. The molecule has 0 spiro atoms. The molecule has 0 heterocycles. The van der Waals surface area contributed by atoms with Gasteiger partial charge >= 0.3 is 0 Å². The Morgan fingerprint density at radius 3 is 2.12 bits per heavy atom. The highest BCUT2D eigenvalue weighted by Gasteiger charge is 2.32. The van der Waals surface area contributed by atoms with Crippen molar-refractivity contribution in [2.24, 2.45) is 0 Å². The van der Waals surface area contributed by atoms with Crippen LogP contribution in [0.15, 0.2) is 72.8 Å². The second-order valence-corrected chi connectivity index (χ2v) is 10.0. The standard InChI is InChI=1S/C32H37FN2O5/c1-38-27-18-28(39-2)20-29(19-27)40-22-31(36)35(21-24-13-15-25(33)16-14-24)30(17-23-9-5-3-6-10-23)32(37)34-26-11-7-4-8-12-26/h3,5-6,9-10,13-16,18-20,26,30H,4,7-8,11-12,17,21-22H2,1-2H3,(H,34,37)/t30-/m1/s1. The lowest BCUT2D eigenvalue weighted by Gasteiger charge is -2.33. The van der Waals surface area contributed by atoms with Crippen LogP contribution in [0.1, 0.15) is 43.2 Å². The zero-order valence-electron chi connectivity index (χ0n) is 23.1. The van der Waals surface area contributed by atoms with Crippen molar-refractivity contribution < 1.29 is 28.2 Å². The fourth-order valence-electron chi connectivity index (χ4n) is 4.98. The van der Waals surface area contributed by atoms with E-state index in [1.807, 2.05) is 30.3 Å². The molecule has 1 aliphatic rings. The molecule has 0 bridgehead atoms. The van der Waals surface area contributed by atoms with Crippen LogP contribution in [0.3, 0.4) is 0 Å². The van der Waals surface area contributed by atoms with E-state index in [2.05, 4.69) is 5.32 Å². The number of methoxy groups -OCH3 is 2. The number of carbonyl (C=O) groups excluding carboxylic acids is 2. The molecule has 2 amide bonds. The Balaban J connectivity index is 1.61. The van der Waals surface area contributed by atoms with Crippen molar-refractivity contribution in [3.8, 4) is 17.2 Å². The second-order valence-electron chi connectivity index (χ2n) is 10.0. The topological polar surface area (TPSA) is 77.1 Å². The largest absolute Gasteiger partial charge is 0.496 e. The molecule has 1 atom stereocenters. The van der Waals surface area contributed by atoms with Gasteiger partial charge in [0.2, 0.25) is 5.91 Å². The predicted molar refractivity (Wildman–Crippen MR) is 151 cm³/mol. The molecule has 0 aromatic heterocycles. The molecular weight excluding hydrogens is 511 g/mol. The first-order chi connectivity index (χ1) is 19.4. The number of carbonyl (C=O) groups is 2. The van der Waals surface area contributed by atoms with Crippen molar-refractivity contribution in [1.29, 1.82) is 0 Å². The number of nitrogens with zero attached hydrogens (tertiary/aromatic N) is 1. The molecule has 3 aromatic rings. The summed E-state index contributed by atoms with van der Waals surface area (Å²) < 4.78 is 30.2. The number of benzene rings is 3. The molecule has 8 heteroatoms. The number of amides is 2. The van der Waals surface area contributed by atoms with Gasteiger partial charge in [0.15, 0.2) is 6.61 Å². The van der Waals surface area contributed by atoms with Gasteiger partial charge in [-0.05, 0) is 36.1 Å². The van der Waals surface area contributed by atoms with E-state index >= 15 is 0 Å². The highest BCUT2D eigenvalue weighted by atomic mass is 19.1. The van der Waals surface area contributed by atoms with Crippen molar-refractivity contribution in [1.82, 2.24) is 10.2 Å². The predicted octanol–water partition coefficient (Wildman–Crippen LogP) is 5.31. The summed E-state index contributed by atoms with van der Waals surface area (Å²) in [6.07, 6.45) is 5.50. The van der Waals surface area contributed by atoms with E-state index in [-0.39, 0.29) is 36.8 Å². The summed E-state index contributed by atoms with van der Waals surface area (Å²) in [7, 11) is 3.07. The van der Waals surface area contributed by atoms with Crippen LogP contribution < -0.4 is 19.5 Å². The van der Waals surface area contributed by atoms with E-state index in [9.17, 15) is 14.0 Å². The Morgan fingerprint density at radius 2 is 1.50 bits per heavy atom. The number of rotatable bonds is 12. The number of hydrogen-bond donors (Lipinski definition) is 1. The maximum absolute atomic E-state index is 13.8. The highest BCUT2D eigenvalue weighted by Crippen LogP contribution is 2.28. The summed E-state index contributed by atoms with van der Waals surface area (Å²) in [6, 6.07) is 19.9. The van der Waals surface area contributed by atoms with Crippen LogP contribution >= 0.6 is 0 Å². The minimum atomic E-state index is -0.787. The number of nitrogens with one attached hydrogen (secondary N) is 1. The average Bonchev–Trinajstić information content (AvgIpc) is 2.99. The molecule has 0 saturated heterocycles. The molecule has 3 aromatic carbocycles. The molecular formula is C32H37FN2O5. The zero-order chi connectivity index (χ0) is 28.3. The summed E-state index contributed by atoms with van der Waals surface area (Å²) in [5.74, 6) is 0.517. The third kappa shape index (κ3) is 8.21. The lowest BCUT2D eigenvalue weighted by Crippen LogP contribution is -2.53. The van der Waals surface area contributed by atoms with Crippen LogP contribution in [-0.2, 0) is 22.6 Å². The lowest BCUT2D eigenvalue weighted by molar-refractivity contribution is -0.143. The molecule has 7 nitrogen and oxygen atoms in total. The molecule has 0 unspecified atom stereocenters. The van der Waals surface area contributed by atoms with E-state index < -0.39 is 6.04 Å². The Kier molecular flexibility index (Phi) is 10.4. The van der Waals surface area contributed by atoms with Crippen LogP contribution in [0, 0.1) is 5.82 Å². The summed E-state index contributed by atoms with van der Waals surface area (Å²) in [5, 5.41) is 3.21. The van der Waals surface area contributed by atoms with Gasteiger partial charge in [0, 0.05) is 37.2 Å². The van der Waals surface area contributed by atoms with Crippen LogP contribution in [0.2, 0.25) is 0 Å². The first-order valence-corrected chi connectivity index (χ1v) is 13.7. The van der Waals surface area contributed by atoms with Crippen LogP contribution in [-0.4, -0.2) is 49.6 Å². The van der Waals surface area contributed by atoms with Gasteiger partial charge in [-0.15, -0.1) is 0 Å². The summed E-state index contributed by atoms with van der Waals surface area (Å²) in [5.41, 5.74) is 1.64. The molecule has 212 valence electrons. The Morgan fingerprint density at radius 1 is 0.875 bits per heavy atom. The molecule has 0 aliphatic heterocycles. The molecule has 1 saturated carbocycles. The number of halogens is 1. The normalized spacial score (nSPS) is 14.2. The van der Waals surface area contributed by atoms with Crippen molar-refractivity contribution in [3.05, 3.63) is 89.7 Å². The van der Waals surface area contributed by atoms with Crippen LogP contribution in [0.25, 0.3) is 0 Å². The van der Waals surface area contributed by atoms with Gasteiger partial charge in [-0.25, -0.2) is 4.39 Å². The zero-order valence-corrected chi connectivity index (χ0v) is 23.1. The fourth-order valence-corrected chi connectivity index (χ4v) is 4.98. The van der Waals surface area contributed by atoms with Gasteiger partial charge in [0.25, 0.3) is 5.91 Å². The van der Waals surface area contributed by atoms with Gasteiger partial charge in [-0.3, -0.25) is 9.59 Å².